The first-order valence-corrected chi connectivity index (χ1v) is 7.42. The van der Waals surface area contributed by atoms with Gasteiger partial charge in [-0.3, -0.25) is 0 Å². The van der Waals surface area contributed by atoms with Gasteiger partial charge in [0.25, 0.3) is 0 Å². The van der Waals surface area contributed by atoms with Gasteiger partial charge in [0.1, 0.15) is 0 Å². The molecule has 1 rings (SSSR count). The van der Waals surface area contributed by atoms with Gasteiger partial charge >= 0.3 is 0 Å². The molecule has 0 unspecified atom stereocenters. The molecule has 0 radical (unpaired) electrons. The molecule has 0 heterocycles. The Labute approximate surface area is 104 Å². The summed E-state index contributed by atoms with van der Waals surface area (Å²) < 4.78 is 25.8. The Balaban J connectivity index is 2.34. The zero-order chi connectivity index (χ0) is 12.6. The average Bonchev–Trinajstić information content (AvgIpc) is 2.34. The van der Waals surface area contributed by atoms with E-state index in [0.29, 0.717) is 13.0 Å². The zero-order valence-electron chi connectivity index (χ0n) is 10.1. The molecule has 4 heteroatoms. The lowest BCUT2D eigenvalue weighted by Crippen LogP contribution is -2.27. The molecule has 0 bridgehead atoms. The maximum Gasteiger partial charge on any atom is 0.211 e. The first-order chi connectivity index (χ1) is 8.14. The van der Waals surface area contributed by atoms with E-state index in [2.05, 4.69) is 4.72 Å². The minimum Gasteiger partial charge on any atom is -0.215 e. The Bertz CT molecular complexity index is 438. The minimum atomic E-state index is -3.14. The molecular weight excluding hydrogens is 234 g/mol. The van der Waals surface area contributed by atoms with Gasteiger partial charge in [0.2, 0.25) is 10.0 Å². The smallest absolute Gasteiger partial charge is 0.211 e. The fourth-order valence-electron chi connectivity index (χ4n) is 1.43. The lowest BCUT2D eigenvalue weighted by Gasteiger charge is -2.05. The second kappa shape index (κ2) is 7.25. The second-order valence-electron chi connectivity index (χ2n) is 3.81. The monoisotopic (exact) mass is 253 g/mol. The van der Waals surface area contributed by atoms with Gasteiger partial charge in [0, 0.05) is 6.54 Å². The Kier molecular flexibility index (Phi) is 5.94. The molecule has 94 valence electrons. The van der Waals surface area contributed by atoms with Crippen molar-refractivity contribution in [1.82, 2.24) is 4.72 Å². The molecular formula is C13H19NO2S. The molecule has 0 spiro atoms. The van der Waals surface area contributed by atoms with Crippen molar-refractivity contribution in [1.29, 1.82) is 0 Å². The Hall–Kier alpha value is -1.13. The number of rotatable bonds is 7. The number of hydrogen-bond donors (Lipinski definition) is 1. The SMILES string of the molecule is C/C=C/CCNS(=O)(=O)CCc1ccccc1. The van der Waals surface area contributed by atoms with Crippen molar-refractivity contribution >= 4 is 10.0 Å². The van der Waals surface area contributed by atoms with Crippen LogP contribution in [0.4, 0.5) is 0 Å². The number of hydrogen-bond acceptors (Lipinski definition) is 2. The van der Waals surface area contributed by atoms with Crippen LogP contribution in [0.25, 0.3) is 0 Å². The van der Waals surface area contributed by atoms with E-state index < -0.39 is 10.0 Å². The number of aryl methyl sites for hydroxylation is 1. The Morgan fingerprint density at radius 3 is 2.59 bits per heavy atom. The third-order valence-electron chi connectivity index (χ3n) is 2.37. The summed E-state index contributed by atoms with van der Waals surface area (Å²) in [7, 11) is -3.14. The number of benzene rings is 1. The van der Waals surface area contributed by atoms with Crippen molar-refractivity contribution in [2.24, 2.45) is 0 Å². The van der Waals surface area contributed by atoms with Crippen LogP contribution in [0, 0.1) is 0 Å². The van der Waals surface area contributed by atoms with E-state index in [-0.39, 0.29) is 5.75 Å². The molecule has 17 heavy (non-hydrogen) atoms. The highest BCUT2D eigenvalue weighted by molar-refractivity contribution is 7.89. The van der Waals surface area contributed by atoms with Gasteiger partial charge in [0.15, 0.2) is 0 Å². The van der Waals surface area contributed by atoms with Crippen LogP contribution in [0.5, 0.6) is 0 Å². The standard InChI is InChI=1S/C13H19NO2S/c1-2-3-7-11-14-17(15,16)12-10-13-8-5-4-6-9-13/h2-6,8-9,14H,7,10-12H2,1H3/b3-2+. The summed E-state index contributed by atoms with van der Waals surface area (Å²) in [5.74, 6) is 0.146. The van der Waals surface area contributed by atoms with Gasteiger partial charge in [-0.15, -0.1) is 0 Å². The highest BCUT2D eigenvalue weighted by atomic mass is 32.2. The first kappa shape index (κ1) is 13.9. The van der Waals surface area contributed by atoms with E-state index in [1.165, 1.54) is 0 Å². The van der Waals surface area contributed by atoms with Gasteiger partial charge in [-0.2, -0.15) is 0 Å². The van der Waals surface area contributed by atoms with E-state index in [9.17, 15) is 8.42 Å². The highest BCUT2D eigenvalue weighted by Crippen LogP contribution is 2.01. The average molecular weight is 253 g/mol. The molecule has 0 aromatic heterocycles. The number of sulfonamides is 1. The molecule has 3 nitrogen and oxygen atoms in total. The second-order valence-corrected chi connectivity index (χ2v) is 5.73. The largest absolute Gasteiger partial charge is 0.215 e. The van der Waals surface area contributed by atoms with Gasteiger partial charge in [-0.25, -0.2) is 13.1 Å². The van der Waals surface area contributed by atoms with Crippen LogP contribution < -0.4 is 4.72 Å². The normalized spacial score (nSPS) is 12.1. The van der Waals surface area contributed by atoms with Gasteiger partial charge in [-0.1, -0.05) is 42.5 Å². The van der Waals surface area contributed by atoms with Crippen molar-refractivity contribution in [3.63, 3.8) is 0 Å². The zero-order valence-corrected chi connectivity index (χ0v) is 10.9. The third kappa shape index (κ3) is 6.24. The Morgan fingerprint density at radius 2 is 1.94 bits per heavy atom. The topological polar surface area (TPSA) is 46.2 Å². The molecule has 0 saturated heterocycles. The van der Waals surface area contributed by atoms with E-state index in [4.69, 9.17) is 0 Å². The van der Waals surface area contributed by atoms with Crippen molar-refractivity contribution < 1.29 is 8.42 Å². The maximum absolute atomic E-state index is 11.6. The number of allylic oxidation sites excluding steroid dienone is 1. The molecule has 0 fully saturated rings. The molecule has 0 aliphatic heterocycles. The summed E-state index contributed by atoms with van der Waals surface area (Å²) in [6.45, 7) is 2.39. The molecule has 0 atom stereocenters. The van der Waals surface area contributed by atoms with Crippen LogP contribution in [0.2, 0.25) is 0 Å². The molecule has 1 N–H and O–H groups in total. The van der Waals surface area contributed by atoms with Crippen LogP contribution in [0.15, 0.2) is 42.5 Å². The highest BCUT2D eigenvalue weighted by Gasteiger charge is 2.08. The summed E-state index contributed by atoms with van der Waals surface area (Å²) in [4.78, 5) is 0. The fourth-order valence-corrected chi connectivity index (χ4v) is 2.51. The summed E-state index contributed by atoms with van der Waals surface area (Å²) in [5, 5.41) is 0. The van der Waals surface area contributed by atoms with E-state index in [0.717, 1.165) is 12.0 Å². The van der Waals surface area contributed by atoms with Crippen molar-refractivity contribution in [2.75, 3.05) is 12.3 Å². The van der Waals surface area contributed by atoms with Crippen LogP contribution in [0.1, 0.15) is 18.9 Å². The van der Waals surface area contributed by atoms with Gasteiger partial charge in [0.05, 0.1) is 5.75 Å². The molecule has 0 saturated carbocycles. The summed E-state index contributed by atoms with van der Waals surface area (Å²) >= 11 is 0. The lowest BCUT2D eigenvalue weighted by atomic mass is 10.2. The lowest BCUT2D eigenvalue weighted by molar-refractivity contribution is 0.581. The van der Waals surface area contributed by atoms with Gasteiger partial charge in [-0.05, 0) is 25.3 Å². The van der Waals surface area contributed by atoms with Crippen LogP contribution >= 0.6 is 0 Å². The predicted molar refractivity (Wildman–Crippen MR) is 71.4 cm³/mol. The van der Waals surface area contributed by atoms with Crippen LogP contribution in [-0.2, 0) is 16.4 Å². The van der Waals surface area contributed by atoms with Crippen molar-refractivity contribution in [2.45, 2.75) is 19.8 Å². The van der Waals surface area contributed by atoms with Crippen molar-refractivity contribution in [3.8, 4) is 0 Å². The van der Waals surface area contributed by atoms with Gasteiger partial charge < -0.3 is 0 Å². The summed E-state index contributed by atoms with van der Waals surface area (Å²) in [6, 6.07) is 9.64. The first-order valence-electron chi connectivity index (χ1n) is 5.76. The predicted octanol–water partition coefficient (Wildman–Crippen LogP) is 2.11. The molecule has 0 aliphatic rings. The molecule has 0 amide bonds. The molecule has 0 aliphatic carbocycles. The molecule has 1 aromatic rings. The minimum absolute atomic E-state index is 0.146. The molecule has 1 aromatic carbocycles. The van der Waals surface area contributed by atoms with E-state index >= 15 is 0 Å². The summed E-state index contributed by atoms with van der Waals surface area (Å²) in [6.07, 6.45) is 5.15. The van der Waals surface area contributed by atoms with E-state index in [1.807, 2.05) is 49.4 Å². The fraction of sp³-hybridized carbons (Fsp3) is 0.385. The quantitative estimate of drug-likeness (QED) is 0.597. The Morgan fingerprint density at radius 1 is 1.24 bits per heavy atom. The third-order valence-corrected chi connectivity index (χ3v) is 3.76. The maximum atomic E-state index is 11.6. The van der Waals surface area contributed by atoms with E-state index in [1.54, 1.807) is 0 Å². The summed E-state index contributed by atoms with van der Waals surface area (Å²) in [5.41, 5.74) is 1.05. The van der Waals surface area contributed by atoms with Crippen LogP contribution in [0.3, 0.4) is 0 Å². The number of nitrogens with one attached hydrogen (secondary N) is 1. The van der Waals surface area contributed by atoms with Crippen LogP contribution in [-0.4, -0.2) is 20.7 Å². The van der Waals surface area contributed by atoms with Crippen molar-refractivity contribution in [3.05, 3.63) is 48.0 Å².